The molecule has 1 atom stereocenters. The van der Waals surface area contributed by atoms with Crippen molar-refractivity contribution in [3.63, 3.8) is 0 Å². The molecule has 138 valence electrons. The standard InChI is InChI=1S/C19H13F3N2O3/c1-10(18(25)24-14-9-7-12(20)16(21)17(14)22)27-19(26)15-8-6-11-4-2-3-5-13(11)23-15/h2-10H,1H3,(H,24,25)/t10-/m1/s1. The molecule has 0 bridgehead atoms. The number of ether oxygens (including phenoxy) is 1. The van der Waals surface area contributed by atoms with Crippen LogP contribution in [-0.2, 0) is 9.53 Å². The number of aromatic nitrogens is 1. The van der Waals surface area contributed by atoms with Gasteiger partial charge in [0.15, 0.2) is 23.6 Å². The fourth-order valence-electron chi connectivity index (χ4n) is 2.31. The molecular formula is C19H13F3N2O3. The number of esters is 1. The summed E-state index contributed by atoms with van der Waals surface area (Å²) in [7, 11) is 0. The number of nitrogens with one attached hydrogen (secondary N) is 1. The maximum Gasteiger partial charge on any atom is 0.357 e. The van der Waals surface area contributed by atoms with Gasteiger partial charge in [0.05, 0.1) is 11.2 Å². The summed E-state index contributed by atoms with van der Waals surface area (Å²) in [5, 5.41) is 2.87. The summed E-state index contributed by atoms with van der Waals surface area (Å²) in [5.74, 6) is -6.40. The molecule has 0 saturated carbocycles. The number of anilines is 1. The Balaban J connectivity index is 1.70. The number of hydrogen-bond donors (Lipinski definition) is 1. The number of nitrogens with zero attached hydrogens (tertiary/aromatic N) is 1. The molecule has 1 N–H and O–H groups in total. The fourth-order valence-corrected chi connectivity index (χ4v) is 2.31. The van der Waals surface area contributed by atoms with E-state index in [1.54, 1.807) is 18.2 Å². The number of rotatable bonds is 4. The molecule has 0 unspecified atom stereocenters. The van der Waals surface area contributed by atoms with Gasteiger partial charge in [-0.15, -0.1) is 0 Å². The molecule has 0 spiro atoms. The third-order valence-electron chi connectivity index (χ3n) is 3.75. The second-order valence-electron chi connectivity index (χ2n) is 5.65. The Morgan fingerprint density at radius 1 is 1.00 bits per heavy atom. The highest BCUT2D eigenvalue weighted by atomic mass is 19.2. The van der Waals surface area contributed by atoms with Gasteiger partial charge in [-0.2, -0.15) is 0 Å². The highest BCUT2D eigenvalue weighted by Crippen LogP contribution is 2.20. The van der Waals surface area contributed by atoms with Gasteiger partial charge < -0.3 is 10.1 Å². The predicted molar refractivity (Wildman–Crippen MR) is 91.6 cm³/mol. The van der Waals surface area contributed by atoms with Gasteiger partial charge in [-0.1, -0.05) is 24.3 Å². The van der Waals surface area contributed by atoms with Crippen molar-refractivity contribution in [1.29, 1.82) is 0 Å². The Labute approximate surface area is 151 Å². The van der Waals surface area contributed by atoms with E-state index in [9.17, 15) is 22.8 Å². The van der Waals surface area contributed by atoms with Crippen molar-refractivity contribution in [1.82, 2.24) is 4.98 Å². The molecule has 8 heteroatoms. The molecule has 0 aliphatic rings. The van der Waals surface area contributed by atoms with Crippen molar-refractivity contribution in [3.8, 4) is 0 Å². The lowest BCUT2D eigenvalue weighted by Crippen LogP contribution is -2.30. The maximum atomic E-state index is 13.6. The summed E-state index contributed by atoms with van der Waals surface area (Å²) in [6.07, 6.45) is -1.32. The predicted octanol–water partition coefficient (Wildman–Crippen LogP) is 3.84. The third-order valence-corrected chi connectivity index (χ3v) is 3.75. The second kappa shape index (κ2) is 7.45. The van der Waals surface area contributed by atoms with Crippen molar-refractivity contribution >= 4 is 28.5 Å². The van der Waals surface area contributed by atoms with Gasteiger partial charge in [0, 0.05) is 5.39 Å². The van der Waals surface area contributed by atoms with Crippen molar-refractivity contribution in [2.45, 2.75) is 13.0 Å². The average Bonchev–Trinajstić information content (AvgIpc) is 2.67. The van der Waals surface area contributed by atoms with Gasteiger partial charge in [-0.3, -0.25) is 4.79 Å². The fraction of sp³-hybridized carbons (Fsp3) is 0.105. The van der Waals surface area contributed by atoms with Crippen LogP contribution < -0.4 is 5.32 Å². The average molecular weight is 374 g/mol. The lowest BCUT2D eigenvalue weighted by atomic mass is 10.2. The van der Waals surface area contributed by atoms with E-state index in [1.165, 1.54) is 13.0 Å². The molecule has 0 saturated heterocycles. The van der Waals surface area contributed by atoms with Crippen LogP contribution in [-0.4, -0.2) is 23.0 Å². The van der Waals surface area contributed by atoms with Crippen LogP contribution in [0.1, 0.15) is 17.4 Å². The lowest BCUT2D eigenvalue weighted by molar-refractivity contribution is -0.123. The van der Waals surface area contributed by atoms with Crippen molar-refractivity contribution in [2.75, 3.05) is 5.32 Å². The number of pyridine rings is 1. The number of fused-ring (bicyclic) bond motifs is 1. The maximum absolute atomic E-state index is 13.6. The second-order valence-corrected chi connectivity index (χ2v) is 5.65. The molecular weight excluding hydrogens is 361 g/mol. The zero-order chi connectivity index (χ0) is 19.6. The van der Waals surface area contributed by atoms with Crippen LogP contribution in [0.3, 0.4) is 0 Å². The lowest BCUT2D eigenvalue weighted by Gasteiger charge is -2.14. The van der Waals surface area contributed by atoms with Gasteiger partial charge in [-0.25, -0.2) is 22.9 Å². The molecule has 27 heavy (non-hydrogen) atoms. The van der Waals surface area contributed by atoms with Crippen molar-refractivity contribution < 1.29 is 27.5 Å². The smallest absolute Gasteiger partial charge is 0.357 e. The van der Waals surface area contributed by atoms with Crippen LogP contribution in [0.2, 0.25) is 0 Å². The summed E-state index contributed by atoms with van der Waals surface area (Å²) in [6.45, 7) is 1.26. The summed E-state index contributed by atoms with van der Waals surface area (Å²) in [4.78, 5) is 28.4. The molecule has 2 aromatic carbocycles. The number of amides is 1. The SMILES string of the molecule is C[C@@H](OC(=O)c1ccc2ccccc2n1)C(=O)Nc1ccc(F)c(F)c1F. The number of hydrogen-bond acceptors (Lipinski definition) is 4. The van der Waals surface area contributed by atoms with Crippen LogP contribution in [0.5, 0.6) is 0 Å². The van der Waals surface area contributed by atoms with Crippen LogP contribution >= 0.6 is 0 Å². The van der Waals surface area contributed by atoms with Gasteiger partial charge in [0.25, 0.3) is 5.91 Å². The summed E-state index contributed by atoms with van der Waals surface area (Å²) in [6, 6.07) is 11.8. The zero-order valence-electron chi connectivity index (χ0n) is 14.0. The largest absolute Gasteiger partial charge is 0.448 e. The molecule has 0 fully saturated rings. The molecule has 0 aliphatic carbocycles. The van der Waals surface area contributed by atoms with Gasteiger partial charge in [0.2, 0.25) is 0 Å². The normalized spacial score (nSPS) is 11.9. The first-order valence-electron chi connectivity index (χ1n) is 7.88. The van der Waals surface area contributed by atoms with E-state index in [2.05, 4.69) is 4.98 Å². The first kappa shape index (κ1) is 18.4. The minimum Gasteiger partial charge on any atom is -0.448 e. The van der Waals surface area contributed by atoms with Gasteiger partial charge in [-0.05, 0) is 31.2 Å². The number of carbonyl (C=O) groups excluding carboxylic acids is 2. The van der Waals surface area contributed by atoms with E-state index in [-0.39, 0.29) is 5.69 Å². The molecule has 5 nitrogen and oxygen atoms in total. The first-order chi connectivity index (χ1) is 12.9. The van der Waals surface area contributed by atoms with Crippen LogP contribution in [0.15, 0.2) is 48.5 Å². The minimum absolute atomic E-state index is 0.00708. The molecule has 1 heterocycles. The Kier molecular flexibility index (Phi) is 5.07. The van der Waals surface area contributed by atoms with E-state index < -0.39 is 41.1 Å². The third kappa shape index (κ3) is 3.89. The minimum atomic E-state index is -1.71. The van der Waals surface area contributed by atoms with Gasteiger partial charge in [0.1, 0.15) is 5.69 Å². The highest BCUT2D eigenvalue weighted by molar-refractivity contribution is 5.97. The van der Waals surface area contributed by atoms with E-state index in [0.29, 0.717) is 11.6 Å². The Morgan fingerprint density at radius 2 is 1.74 bits per heavy atom. The highest BCUT2D eigenvalue weighted by Gasteiger charge is 2.22. The number of benzene rings is 2. The Hall–Kier alpha value is -3.42. The topological polar surface area (TPSA) is 68.3 Å². The first-order valence-corrected chi connectivity index (χ1v) is 7.88. The molecule has 0 radical (unpaired) electrons. The summed E-state index contributed by atoms with van der Waals surface area (Å²) in [5.41, 5.74) is 0.00546. The van der Waals surface area contributed by atoms with Gasteiger partial charge >= 0.3 is 5.97 Å². The molecule has 3 aromatic rings. The number of carbonyl (C=O) groups is 2. The van der Waals surface area contributed by atoms with E-state index in [1.807, 2.05) is 17.4 Å². The van der Waals surface area contributed by atoms with Crippen molar-refractivity contribution in [3.05, 3.63) is 71.7 Å². The Morgan fingerprint density at radius 3 is 2.52 bits per heavy atom. The van der Waals surface area contributed by atoms with Crippen molar-refractivity contribution in [2.24, 2.45) is 0 Å². The Bertz CT molecular complexity index is 1040. The zero-order valence-corrected chi connectivity index (χ0v) is 14.0. The quantitative estimate of drug-likeness (QED) is 0.557. The molecule has 1 aromatic heterocycles. The van der Waals surface area contributed by atoms with Crippen LogP contribution in [0.4, 0.5) is 18.9 Å². The van der Waals surface area contributed by atoms with Crippen LogP contribution in [0.25, 0.3) is 10.9 Å². The van der Waals surface area contributed by atoms with E-state index >= 15 is 0 Å². The van der Waals surface area contributed by atoms with Crippen LogP contribution in [0, 0.1) is 17.5 Å². The molecule has 1 amide bonds. The number of halogens is 3. The molecule has 3 rings (SSSR count). The summed E-state index contributed by atoms with van der Waals surface area (Å²) < 4.78 is 44.8. The molecule has 0 aliphatic heterocycles. The number of para-hydroxylation sites is 1. The van der Waals surface area contributed by atoms with E-state index in [0.717, 1.165) is 11.5 Å². The van der Waals surface area contributed by atoms with E-state index in [4.69, 9.17) is 4.74 Å². The summed E-state index contributed by atoms with van der Waals surface area (Å²) >= 11 is 0. The monoisotopic (exact) mass is 374 g/mol.